The van der Waals surface area contributed by atoms with Gasteiger partial charge in [0.05, 0.1) is 0 Å². The summed E-state index contributed by atoms with van der Waals surface area (Å²) in [5, 5.41) is 11.2. The standard InChI is InChI=1S/C20H31NO3/c1-2-3-7-12-20(23,17-8-5-4-6-9-17)19(22)24-18-15-21-13-10-16(18)11-14-21/h16-18,23H,2-6,8-11,13-15H2,1H3/t18-,20-/m0/s1. The second-order valence-electron chi connectivity index (χ2n) is 7.73. The second kappa shape index (κ2) is 7.89. The van der Waals surface area contributed by atoms with Crippen molar-refractivity contribution < 1.29 is 14.6 Å². The van der Waals surface area contributed by atoms with Crippen LogP contribution in [0, 0.1) is 23.7 Å². The maximum atomic E-state index is 12.9. The highest BCUT2D eigenvalue weighted by molar-refractivity contribution is 5.84. The maximum absolute atomic E-state index is 12.9. The average Bonchev–Trinajstić information content (AvgIpc) is 2.63. The van der Waals surface area contributed by atoms with Gasteiger partial charge in [-0.15, -0.1) is 0 Å². The molecule has 4 heteroatoms. The van der Waals surface area contributed by atoms with Crippen LogP contribution in [0.4, 0.5) is 0 Å². The molecule has 134 valence electrons. The lowest BCUT2D eigenvalue weighted by molar-refractivity contribution is -0.180. The Kier molecular flexibility index (Phi) is 5.84. The van der Waals surface area contributed by atoms with Crippen LogP contribution < -0.4 is 0 Å². The summed E-state index contributed by atoms with van der Waals surface area (Å²) in [4.78, 5) is 15.3. The molecule has 4 rings (SSSR count). The summed E-state index contributed by atoms with van der Waals surface area (Å²) in [5.74, 6) is 5.82. The van der Waals surface area contributed by atoms with E-state index in [1.165, 1.54) is 6.42 Å². The van der Waals surface area contributed by atoms with Crippen LogP contribution in [0.15, 0.2) is 0 Å². The molecule has 2 bridgehead atoms. The normalized spacial score (nSPS) is 32.5. The van der Waals surface area contributed by atoms with Gasteiger partial charge in [0.15, 0.2) is 0 Å². The quantitative estimate of drug-likeness (QED) is 0.635. The predicted octanol–water partition coefficient (Wildman–Crippen LogP) is 2.74. The van der Waals surface area contributed by atoms with Gasteiger partial charge in [-0.2, -0.15) is 0 Å². The third kappa shape index (κ3) is 3.78. The van der Waals surface area contributed by atoms with Crippen LogP contribution in [0.3, 0.4) is 0 Å². The smallest absolute Gasteiger partial charge is 0.351 e. The Labute approximate surface area is 145 Å². The first-order valence-electron chi connectivity index (χ1n) is 9.79. The van der Waals surface area contributed by atoms with Gasteiger partial charge in [-0.25, -0.2) is 4.79 Å². The van der Waals surface area contributed by atoms with Crippen LogP contribution >= 0.6 is 0 Å². The van der Waals surface area contributed by atoms with Crippen LogP contribution in [-0.2, 0) is 9.53 Å². The van der Waals surface area contributed by atoms with Gasteiger partial charge in [-0.05, 0) is 51.1 Å². The Bertz CT molecular complexity index is 495. The first-order chi connectivity index (χ1) is 11.6. The molecule has 3 saturated heterocycles. The fraction of sp³-hybridized carbons (Fsp3) is 0.850. The van der Waals surface area contributed by atoms with Gasteiger partial charge in [-0.1, -0.05) is 38.0 Å². The number of hydrogen-bond acceptors (Lipinski definition) is 4. The summed E-state index contributed by atoms with van der Waals surface area (Å²) in [5.41, 5.74) is -1.61. The van der Waals surface area contributed by atoms with Crippen molar-refractivity contribution in [3.63, 3.8) is 0 Å². The third-order valence-corrected chi connectivity index (χ3v) is 6.02. The monoisotopic (exact) mass is 333 g/mol. The van der Waals surface area contributed by atoms with E-state index >= 15 is 0 Å². The number of ether oxygens (including phenoxy) is 1. The molecule has 24 heavy (non-hydrogen) atoms. The lowest BCUT2D eigenvalue weighted by atomic mass is 9.77. The molecule has 0 radical (unpaired) electrons. The van der Waals surface area contributed by atoms with Crippen molar-refractivity contribution in [3.05, 3.63) is 0 Å². The molecule has 1 N–H and O–H groups in total. The van der Waals surface area contributed by atoms with Crippen LogP contribution in [-0.4, -0.2) is 47.3 Å². The summed E-state index contributed by atoms with van der Waals surface area (Å²) < 4.78 is 5.84. The molecule has 0 aromatic heterocycles. The predicted molar refractivity (Wildman–Crippen MR) is 93.3 cm³/mol. The lowest BCUT2D eigenvalue weighted by Gasteiger charge is -2.45. The molecule has 4 aliphatic rings. The van der Waals surface area contributed by atoms with E-state index in [4.69, 9.17) is 4.74 Å². The van der Waals surface area contributed by atoms with Crippen molar-refractivity contribution in [2.24, 2.45) is 11.8 Å². The number of rotatable bonds is 4. The number of unbranched alkanes of at least 4 members (excludes halogenated alkanes) is 1. The molecule has 0 amide bonds. The van der Waals surface area contributed by atoms with Crippen molar-refractivity contribution in [3.8, 4) is 11.8 Å². The molecular weight excluding hydrogens is 302 g/mol. The summed E-state index contributed by atoms with van der Waals surface area (Å²) >= 11 is 0. The first-order valence-corrected chi connectivity index (χ1v) is 9.79. The zero-order valence-electron chi connectivity index (χ0n) is 14.9. The SMILES string of the molecule is CCCC#C[C@@](O)(C(=O)O[C@H]1CN2CCC1CC2)C1CCCCC1. The van der Waals surface area contributed by atoms with Crippen molar-refractivity contribution in [1.29, 1.82) is 0 Å². The van der Waals surface area contributed by atoms with Crippen molar-refractivity contribution in [2.75, 3.05) is 19.6 Å². The van der Waals surface area contributed by atoms with Gasteiger partial charge < -0.3 is 9.84 Å². The molecule has 3 aliphatic heterocycles. The lowest BCUT2D eigenvalue weighted by Crippen LogP contribution is -2.55. The van der Waals surface area contributed by atoms with Crippen molar-refractivity contribution in [1.82, 2.24) is 4.90 Å². The van der Waals surface area contributed by atoms with E-state index in [0.717, 1.165) is 64.6 Å². The molecule has 0 unspecified atom stereocenters. The molecule has 4 fully saturated rings. The summed E-state index contributed by atoms with van der Waals surface area (Å²) in [6.45, 7) is 5.10. The summed E-state index contributed by atoms with van der Waals surface area (Å²) in [6, 6.07) is 0. The minimum absolute atomic E-state index is 0.0666. The zero-order chi connectivity index (χ0) is 17.0. The Morgan fingerprint density at radius 2 is 1.92 bits per heavy atom. The van der Waals surface area contributed by atoms with Crippen LogP contribution in [0.5, 0.6) is 0 Å². The number of piperidine rings is 3. The van der Waals surface area contributed by atoms with Crippen LogP contribution in [0.2, 0.25) is 0 Å². The number of hydrogen-bond donors (Lipinski definition) is 1. The molecule has 0 aromatic rings. The number of fused-ring (bicyclic) bond motifs is 3. The number of aliphatic hydroxyl groups is 1. The van der Waals surface area contributed by atoms with E-state index in [1.807, 2.05) is 0 Å². The molecule has 4 nitrogen and oxygen atoms in total. The van der Waals surface area contributed by atoms with E-state index in [2.05, 4.69) is 23.7 Å². The van der Waals surface area contributed by atoms with Gasteiger partial charge in [0, 0.05) is 18.9 Å². The van der Waals surface area contributed by atoms with E-state index in [1.54, 1.807) is 0 Å². The van der Waals surface area contributed by atoms with E-state index in [-0.39, 0.29) is 12.0 Å². The summed E-state index contributed by atoms with van der Waals surface area (Å²) in [6.07, 6.45) is 8.82. The molecule has 0 aromatic carbocycles. The van der Waals surface area contributed by atoms with Crippen LogP contribution in [0.25, 0.3) is 0 Å². The largest absolute Gasteiger partial charge is 0.458 e. The minimum Gasteiger partial charge on any atom is -0.458 e. The van der Waals surface area contributed by atoms with Gasteiger partial charge in [-0.3, -0.25) is 4.90 Å². The molecule has 3 heterocycles. The Balaban J connectivity index is 1.71. The second-order valence-corrected chi connectivity index (χ2v) is 7.73. The van der Waals surface area contributed by atoms with E-state index < -0.39 is 11.6 Å². The highest BCUT2D eigenvalue weighted by Gasteiger charge is 2.47. The molecule has 0 spiro atoms. The van der Waals surface area contributed by atoms with E-state index in [0.29, 0.717) is 12.3 Å². The van der Waals surface area contributed by atoms with Gasteiger partial charge in [0.25, 0.3) is 0 Å². The number of esters is 1. The molecule has 1 aliphatic carbocycles. The third-order valence-electron chi connectivity index (χ3n) is 6.02. The molecular formula is C20H31NO3. The minimum atomic E-state index is -1.61. The molecule has 1 saturated carbocycles. The number of carbonyl (C=O) groups excluding carboxylic acids is 1. The van der Waals surface area contributed by atoms with Crippen LogP contribution in [0.1, 0.15) is 64.7 Å². The first kappa shape index (κ1) is 17.8. The van der Waals surface area contributed by atoms with Gasteiger partial charge >= 0.3 is 5.97 Å². The number of carbonyl (C=O) groups is 1. The fourth-order valence-corrected chi connectivity index (χ4v) is 4.43. The zero-order valence-corrected chi connectivity index (χ0v) is 14.9. The Morgan fingerprint density at radius 3 is 2.50 bits per heavy atom. The number of nitrogens with zero attached hydrogens (tertiary/aromatic N) is 1. The Morgan fingerprint density at radius 1 is 1.21 bits per heavy atom. The summed E-state index contributed by atoms with van der Waals surface area (Å²) in [7, 11) is 0. The highest BCUT2D eigenvalue weighted by atomic mass is 16.6. The average molecular weight is 333 g/mol. The van der Waals surface area contributed by atoms with Crippen molar-refractivity contribution in [2.45, 2.75) is 76.4 Å². The van der Waals surface area contributed by atoms with Crippen molar-refractivity contribution >= 4 is 5.97 Å². The topological polar surface area (TPSA) is 49.8 Å². The Hall–Kier alpha value is -1.05. The van der Waals surface area contributed by atoms with Gasteiger partial charge in [0.2, 0.25) is 5.60 Å². The maximum Gasteiger partial charge on any atom is 0.351 e. The highest BCUT2D eigenvalue weighted by Crippen LogP contribution is 2.35. The van der Waals surface area contributed by atoms with E-state index in [9.17, 15) is 9.90 Å². The molecule has 2 atom stereocenters. The van der Waals surface area contributed by atoms with Gasteiger partial charge in [0.1, 0.15) is 6.10 Å². The fourth-order valence-electron chi connectivity index (χ4n) is 4.43.